The lowest BCUT2D eigenvalue weighted by Crippen LogP contribution is -2.24. The molecule has 2 aromatic rings. The van der Waals surface area contributed by atoms with Crippen molar-refractivity contribution in [3.8, 4) is 0 Å². The maximum Gasteiger partial charge on any atom is 0.290 e. The van der Waals surface area contributed by atoms with Gasteiger partial charge in [0.1, 0.15) is 0 Å². The molecule has 0 aliphatic rings. The van der Waals surface area contributed by atoms with Crippen molar-refractivity contribution in [2.75, 3.05) is 6.54 Å². The molecule has 2 rings (SSSR count). The second-order valence-electron chi connectivity index (χ2n) is 4.22. The van der Waals surface area contributed by atoms with Crippen molar-refractivity contribution in [2.24, 2.45) is 0 Å². The van der Waals surface area contributed by atoms with Crippen LogP contribution in [0.15, 0.2) is 16.9 Å². The van der Waals surface area contributed by atoms with Gasteiger partial charge in [0.25, 0.3) is 5.91 Å². The van der Waals surface area contributed by atoms with E-state index in [9.17, 15) is 4.79 Å². The predicted molar refractivity (Wildman–Crippen MR) is 65.2 cm³/mol. The van der Waals surface area contributed by atoms with Gasteiger partial charge in [-0.3, -0.25) is 9.89 Å². The zero-order valence-corrected chi connectivity index (χ0v) is 10.5. The fourth-order valence-electron chi connectivity index (χ4n) is 1.70. The third kappa shape index (κ3) is 2.77. The molecule has 2 N–H and O–H groups in total. The molecule has 0 radical (unpaired) electrons. The summed E-state index contributed by atoms with van der Waals surface area (Å²) in [5, 5.41) is 13.2. The van der Waals surface area contributed by atoms with Gasteiger partial charge in [-0.05, 0) is 32.3 Å². The normalized spacial score (nSPS) is 10.6. The van der Waals surface area contributed by atoms with Crippen LogP contribution in [0.2, 0.25) is 0 Å². The van der Waals surface area contributed by atoms with E-state index in [0.717, 1.165) is 24.1 Å². The van der Waals surface area contributed by atoms with Crippen molar-refractivity contribution < 1.29 is 9.32 Å². The van der Waals surface area contributed by atoms with Gasteiger partial charge in [0.15, 0.2) is 0 Å². The van der Waals surface area contributed by atoms with Crippen molar-refractivity contribution >= 4 is 5.91 Å². The molecule has 6 nitrogen and oxygen atoms in total. The Morgan fingerprint density at radius 1 is 1.44 bits per heavy atom. The Hall–Kier alpha value is -2.11. The van der Waals surface area contributed by atoms with Gasteiger partial charge >= 0.3 is 0 Å². The van der Waals surface area contributed by atoms with Crippen LogP contribution in [0.1, 0.15) is 33.8 Å². The molecule has 1 amide bonds. The summed E-state index contributed by atoms with van der Waals surface area (Å²) in [5.74, 6) is 0.0726. The fraction of sp³-hybridized carbons (Fsp3) is 0.417. The van der Waals surface area contributed by atoms with Crippen LogP contribution in [0.5, 0.6) is 0 Å². The van der Waals surface area contributed by atoms with Crippen molar-refractivity contribution in [2.45, 2.75) is 26.7 Å². The molecule has 0 spiro atoms. The van der Waals surface area contributed by atoms with E-state index < -0.39 is 0 Å². The summed E-state index contributed by atoms with van der Waals surface area (Å²) in [4.78, 5) is 11.7. The van der Waals surface area contributed by atoms with E-state index in [4.69, 9.17) is 4.52 Å². The van der Waals surface area contributed by atoms with Crippen LogP contribution in [0.25, 0.3) is 0 Å². The number of carbonyl (C=O) groups excluding carboxylic acids is 1. The number of nitrogens with zero attached hydrogens (tertiary/aromatic N) is 2. The Kier molecular flexibility index (Phi) is 3.76. The molecule has 0 fully saturated rings. The molecule has 96 valence electrons. The summed E-state index contributed by atoms with van der Waals surface area (Å²) < 4.78 is 4.87. The summed E-state index contributed by atoms with van der Waals surface area (Å²) in [5.41, 5.74) is 3.01. The summed E-state index contributed by atoms with van der Waals surface area (Å²) in [6, 6.07) is 0. The lowest BCUT2D eigenvalue weighted by molar-refractivity contribution is 0.0915. The molecule has 6 heteroatoms. The van der Waals surface area contributed by atoms with E-state index in [-0.39, 0.29) is 11.7 Å². The minimum atomic E-state index is -0.214. The minimum Gasteiger partial charge on any atom is -0.351 e. The average molecular weight is 248 g/mol. The topological polar surface area (TPSA) is 83.8 Å². The molecule has 2 aromatic heterocycles. The van der Waals surface area contributed by atoms with Gasteiger partial charge in [0.05, 0.1) is 12.4 Å². The van der Waals surface area contributed by atoms with E-state index in [0.29, 0.717) is 6.54 Å². The highest BCUT2D eigenvalue weighted by Crippen LogP contribution is 2.07. The molecule has 0 aromatic carbocycles. The number of H-pyrrole nitrogens is 1. The van der Waals surface area contributed by atoms with Gasteiger partial charge in [0.2, 0.25) is 5.76 Å². The maximum absolute atomic E-state index is 11.7. The average Bonchev–Trinajstić information content (AvgIpc) is 2.94. The first kappa shape index (κ1) is 12.3. The van der Waals surface area contributed by atoms with Crippen LogP contribution in [-0.2, 0) is 6.42 Å². The van der Waals surface area contributed by atoms with Gasteiger partial charge in [-0.2, -0.15) is 5.10 Å². The Morgan fingerprint density at radius 3 is 2.89 bits per heavy atom. The zero-order valence-electron chi connectivity index (χ0n) is 10.5. The van der Waals surface area contributed by atoms with Gasteiger partial charge in [-0.15, -0.1) is 0 Å². The molecule has 0 saturated carbocycles. The highest BCUT2D eigenvalue weighted by molar-refractivity contribution is 5.92. The van der Waals surface area contributed by atoms with E-state index in [1.165, 1.54) is 11.8 Å². The van der Waals surface area contributed by atoms with E-state index >= 15 is 0 Å². The molecule has 0 aliphatic heterocycles. The highest BCUT2D eigenvalue weighted by atomic mass is 16.5. The zero-order chi connectivity index (χ0) is 13.0. The Morgan fingerprint density at radius 2 is 2.28 bits per heavy atom. The third-order valence-electron chi connectivity index (χ3n) is 2.80. The summed E-state index contributed by atoms with van der Waals surface area (Å²) in [6.45, 7) is 4.38. The Bertz CT molecular complexity index is 530. The van der Waals surface area contributed by atoms with Crippen molar-refractivity contribution in [1.82, 2.24) is 20.7 Å². The number of hydrogen-bond donors (Lipinski definition) is 2. The number of aromatic nitrogens is 3. The van der Waals surface area contributed by atoms with Gasteiger partial charge < -0.3 is 9.84 Å². The fourth-order valence-corrected chi connectivity index (χ4v) is 1.70. The molecule has 2 heterocycles. The first-order valence-corrected chi connectivity index (χ1v) is 5.87. The molecular formula is C12H16N4O2. The lowest BCUT2D eigenvalue weighted by atomic mass is 10.1. The standard InChI is InChI=1S/C12H16N4O2/c1-8-6-15-18-11(8)12(17)13-5-3-4-10-7-14-16-9(10)2/h6-7H,3-5H2,1-2H3,(H,13,17)(H,14,16). The van der Waals surface area contributed by atoms with Crippen molar-refractivity contribution in [3.63, 3.8) is 0 Å². The number of amides is 1. The highest BCUT2D eigenvalue weighted by Gasteiger charge is 2.13. The van der Waals surface area contributed by atoms with Crippen molar-refractivity contribution in [3.05, 3.63) is 35.0 Å². The van der Waals surface area contributed by atoms with Crippen LogP contribution >= 0.6 is 0 Å². The molecule has 0 aliphatic carbocycles. The van der Waals surface area contributed by atoms with E-state index in [2.05, 4.69) is 20.7 Å². The molecule has 0 atom stereocenters. The number of nitrogens with one attached hydrogen (secondary N) is 2. The summed E-state index contributed by atoms with van der Waals surface area (Å²) in [7, 11) is 0. The van der Waals surface area contributed by atoms with Crippen LogP contribution in [0.4, 0.5) is 0 Å². The second kappa shape index (κ2) is 5.48. The van der Waals surface area contributed by atoms with Gasteiger partial charge in [0, 0.05) is 17.8 Å². The van der Waals surface area contributed by atoms with Crippen LogP contribution < -0.4 is 5.32 Å². The van der Waals surface area contributed by atoms with Gasteiger partial charge in [-0.1, -0.05) is 5.16 Å². The Balaban J connectivity index is 1.75. The minimum absolute atomic E-state index is 0.214. The summed E-state index contributed by atoms with van der Waals surface area (Å²) >= 11 is 0. The monoisotopic (exact) mass is 248 g/mol. The molecular weight excluding hydrogens is 232 g/mol. The largest absolute Gasteiger partial charge is 0.351 e. The smallest absolute Gasteiger partial charge is 0.290 e. The number of aryl methyl sites for hydroxylation is 3. The summed E-state index contributed by atoms with van der Waals surface area (Å²) in [6.07, 6.45) is 5.10. The number of carbonyl (C=O) groups is 1. The molecule has 0 saturated heterocycles. The molecule has 0 bridgehead atoms. The van der Waals surface area contributed by atoms with Gasteiger partial charge in [-0.25, -0.2) is 0 Å². The molecule has 18 heavy (non-hydrogen) atoms. The predicted octanol–water partition coefficient (Wildman–Crippen LogP) is 1.38. The SMILES string of the molecule is Cc1cnoc1C(=O)NCCCc1cn[nH]c1C. The van der Waals surface area contributed by atoms with Crippen molar-refractivity contribution in [1.29, 1.82) is 0 Å². The first-order valence-electron chi connectivity index (χ1n) is 5.87. The van der Waals surface area contributed by atoms with Crippen LogP contribution in [-0.4, -0.2) is 27.8 Å². The quantitative estimate of drug-likeness (QED) is 0.783. The van der Waals surface area contributed by atoms with E-state index in [1.54, 1.807) is 6.92 Å². The second-order valence-corrected chi connectivity index (χ2v) is 4.22. The van der Waals surface area contributed by atoms with E-state index in [1.807, 2.05) is 13.1 Å². The van der Waals surface area contributed by atoms with Crippen LogP contribution in [0, 0.1) is 13.8 Å². The lowest BCUT2D eigenvalue weighted by Gasteiger charge is -2.03. The first-order chi connectivity index (χ1) is 8.68. The molecule has 0 unspecified atom stereocenters. The van der Waals surface area contributed by atoms with Crippen LogP contribution in [0.3, 0.4) is 0 Å². The maximum atomic E-state index is 11.7. The number of aromatic amines is 1. The Labute approximate surface area is 105 Å². The number of rotatable bonds is 5. The number of hydrogen-bond acceptors (Lipinski definition) is 4. The third-order valence-corrected chi connectivity index (χ3v) is 2.80.